The predicted molar refractivity (Wildman–Crippen MR) is 122 cm³/mol. The molecule has 1 heterocycles. The van der Waals surface area contributed by atoms with Crippen LogP contribution in [0.1, 0.15) is 26.4 Å². The molecule has 4 aromatic rings. The SMILES string of the molecule is COC(=O)c1c(-c2ccc(OCc3ccccc3F)cc2)nn(-c2ccccc2)c1C(=O)OC. The first-order chi connectivity index (χ1) is 16.5. The number of hydrogen-bond acceptors (Lipinski definition) is 6. The highest BCUT2D eigenvalue weighted by atomic mass is 19.1. The lowest BCUT2D eigenvalue weighted by molar-refractivity contribution is 0.0549. The molecule has 1 aromatic heterocycles. The van der Waals surface area contributed by atoms with E-state index in [1.54, 1.807) is 66.7 Å². The molecule has 0 bridgehead atoms. The fourth-order valence-electron chi connectivity index (χ4n) is 3.44. The first-order valence-corrected chi connectivity index (χ1v) is 10.3. The van der Waals surface area contributed by atoms with Crippen molar-refractivity contribution >= 4 is 11.9 Å². The molecular weight excluding hydrogens is 439 g/mol. The zero-order chi connectivity index (χ0) is 24.1. The molecule has 0 saturated carbocycles. The fourth-order valence-corrected chi connectivity index (χ4v) is 3.44. The van der Waals surface area contributed by atoms with Crippen LogP contribution in [0.2, 0.25) is 0 Å². The third-order valence-electron chi connectivity index (χ3n) is 5.13. The lowest BCUT2D eigenvalue weighted by atomic mass is 10.1. The minimum Gasteiger partial charge on any atom is -0.489 e. The van der Waals surface area contributed by atoms with Gasteiger partial charge in [-0.3, -0.25) is 0 Å². The van der Waals surface area contributed by atoms with E-state index in [1.165, 1.54) is 25.0 Å². The third kappa shape index (κ3) is 4.52. The summed E-state index contributed by atoms with van der Waals surface area (Å²) in [7, 11) is 2.46. The molecule has 0 fully saturated rings. The normalized spacial score (nSPS) is 10.6. The molecule has 0 N–H and O–H groups in total. The Labute approximate surface area is 195 Å². The molecule has 0 amide bonds. The molecule has 0 aliphatic heterocycles. The standard InChI is InChI=1S/C26H21FN2O5/c1-32-25(30)22-23(28-29(24(22)26(31)33-2)19-9-4-3-5-10-19)17-12-14-20(15-13-17)34-16-18-8-6-7-11-21(18)27/h3-15H,16H2,1-2H3. The molecule has 0 unspecified atom stereocenters. The number of hydrogen-bond donors (Lipinski definition) is 0. The van der Waals surface area contributed by atoms with E-state index in [0.29, 0.717) is 22.6 Å². The highest BCUT2D eigenvalue weighted by Crippen LogP contribution is 2.30. The number of ether oxygens (including phenoxy) is 3. The van der Waals surface area contributed by atoms with Crippen LogP contribution in [0.15, 0.2) is 78.9 Å². The first-order valence-electron chi connectivity index (χ1n) is 10.3. The molecule has 0 aliphatic rings. The Bertz CT molecular complexity index is 1320. The molecule has 0 saturated heterocycles. The van der Waals surface area contributed by atoms with Gasteiger partial charge in [0.25, 0.3) is 0 Å². The van der Waals surface area contributed by atoms with Gasteiger partial charge >= 0.3 is 11.9 Å². The molecular formula is C26H21FN2O5. The average molecular weight is 460 g/mol. The van der Waals surface area contributed by atoms with E-state index in [1.807, 2.05) is 6.07 Å². The lowest BCUT2D eigenvalue weighted by Gasteiger charge is -2.08. The van der Waals surface area contributed by atoms with Gasteiger partial charge in [-0.05, 0) is 42.5 Å². The number of carbonyl (C=O) groups is 2. The summed E-state index contributed by atoms with van der Waals surface area (Å²) in [5, 5.41) is 4.55. The summed E-state index contributed by atoms with van der Waals surface area (Å²) in [5.74, 6) is -1.30. The molecule has 0 aliphatic carbocycles. The van der Waals surface area contributed by atoms with Crippen LogP contribution in [-0.4, -0.2) is 35.9 Å². The summed E-state index contributed by atoms with van der Waals surface area (Å²) in [4.78, 5) is 25.4. The number of benzene rings is 3. The zero-order valence-corrected chi connectivity index (χ0v) is 18.5. The maximum absolute atomic E-state index is 13.8. The molecule has 0 radical (unpaired) electrons. The van der Waals surface area contributed by atoms with Crippen molar-refractivity contribution in [2.45, 2.75) is 6.61 Å². The largest absolute Gasteiger partial charge is 0.489 e. The van der Waals surface area contributed by atoms with Gasteiger partial charge in [0.2, 0.25) is 0 Å². The number of aromatic nitrogens is 2. The Morgan fingerprint density at radius 3 is 2.15 bits per heavy atom. The molecule has 8 heteroatoms. The second kappa shape index (κ2) is 9.99. The van der Waals surface area contributed by atoms with Crippen molar-refractivity contribution in [1.82, 2.24) is 9.78 Å². The highest BCUT2D eigenvalue weighted by Gasteiger charge is 2.31. The van der Waals surface area contributed by atoms with Crippen LogP contribution in [0.5, 0.6) is 5.75 Å². The van der Waals surface area contributed by atoms with Gasteiger partial charge in [-0.15, -0.1) is 0 Å². The van der Waals surface area contributed by atoms with Crippen LogP contribution in [-0.2, 0) is 16.1 Å². The minimum absolute atomic E-state index is 0.0155. The summed E-state index contributed by atoms with van der Waals surface area (Å²) in [6.07, 6.45) is 0. The summed E-state index contributed by atoms with van der Waals surface area (Å²) in [6.45, 7) is 0.0640. The molecule has 0 atom stereocenters. The number of rotatable bonds is 7. The predicted octanol–water partition coefficient (Wildman–Crippen LogP) is 4.83. The Morgan fingerprint density at radius 1 is 0.853 bits per heavy atom. The monoisotopic (exact) mass is 460 g/mol. The van der Waals surface area contributed by atoms with Gasteiger partial charge in [-0.25, -0.2) is 18.7 Å². The molecule has 34 heavy (non-hydrogen) atoms. The van der Waals surface area contributed by atoms with Gasteiger partial charge in [0.15, 0.2) is 5.69 Å². The van der Waals surface area contributed by atoms with Gasteiger partial charge in [0.05, 0.1) is 19.9 Å². The second-order valence-electron chi connectivity index (χ2n) is 7.21. The van der Waals surface area contributed by atoms with Crippen molar-refractivity contribution in [2.24, 2.45) is 0 Å². The molecule has 0 spiro atoms. The van der Waals surface area contributed by atoms with Crippen LogP contribution in [0, 0.1) is 5.82 Å². The second-order valence-corrected chi connectivity index (χ2v) is 7.21. The van der Waals surface area contributed by atoms with E-state index in [2.05, 4.69) is 5.10 Å². The molecule has 172 valence electrons. The van der Waals surface area contributed by atoms with Crippen LogP contribution < -0.4 is 4.74 Å². The molecule has 3 aromatic carbocycles. The van der Waals surface area contributed by atoms with Crippen LogP contribution in [0.3, 0.4) is 0 Å². The van der Waals surface area contributed by atoms with E-state index < -0.39 is 11.9 Å². The van der Waals surface area contributed by atoms with E-state index >= 15 is 0 Å². The van der Waals surface area contributed by atoms with E-state index in [0.717, 1.165) is 0 Å². The smallest absolute Gasteiger partial charge is 0.357 e. The molecule has 7 nitrogen and oxygen atoms in total. The quantitative estimate of drug-likeness (QED) is 0.368. The van der Waals surface area contributed by atoms with Gasteiger partial charge in [-0.2, -0.15) is 5.10 Å². The summed E-state index contributed by atoms with van der Waals surface area (Å²) < 4.78 is 30.7. The van der Waals surface area contributed by atoms with Crippen molar-refractivity contribution in [3.05, 3.63) is 102 Å². The van der Waals surface area contributed by atoms with Crippen molar-refractivity contribution in [3.63, 3.8) is 0 Å². The van der Waals surface area contributed by atoms with Crippen molar-refractivity contribution in [1.29, 1.82) is 0 Å². The van der Waals surface area contributed by atoms with E-state index in [-0.39, 0.29) is 29.4 Å². The number of carbonyl (C=O) groups excluding carboxylic acids is 2. The van der Waals surface area contributed by atoms with Crippen LogP contribution in [0.4, 0.5) is 4.39 Å². The van der Waals surface area contributed by atoms with Gasteiger partial charge in [0, 0.05) is 11.1 Å². The molecule has 4 rings (SSSR count). The van der Waals surface area contributed by atoms with Crippen molar-refractivity contribution in [2.75, 3.05) is 14.2 Å². The number of methoxy groups -OCH3 is 2. The van der Waals surface area contributed by atoms with E-state index in [4.69, 9.17) is 14.2 Å². The maximum atomic E-state index is 13.8. The Morgan fingerprint density at radius 2 is 1.50 bits per heavy atom. The number of para-hydroxylation sites is 1. The highest BCUT2D eigenvalue weighted by molar-refractivity contribution is 6.06. The van der Waals surface area contributed by atoms with Crippen LogP contribution in [0.25, 0.3) is 16.9 Å². The average Bonchev–Trinajstić information content (AvgIpc) is 3.29. The summed E-state index contributed by atoms with van der Waals surface area (Å²) >= 11 is 0. The maximum Gasteiger partial charge on any atom is 0.357 e. The van der Waals surface area contributed by atoms with E-state index in [9.17, 15) is 14.0 Å². The fraction of sp³-hybridized carbons (Fsp3) is 0.115. The Kier molecular flexibility index (Phi) is 6.68. The Balaban J connectivity index is 1.73. The topological polar surface area (TPSA) is 79.7 Å². The third-order valence-corrected chi connectivity index (χ3v) is 5.13. The van der Waals surface area contributed by atoms with Crippen molar-refractivity contribution < 1.29 is 28.2 Å². The first kappa shape index (κ1) is 22.7. The zero-order valence-electron chi connectivity index (χ0n) is 18.5. The van der Waals surface area contributed by atoms with Gasteiger partial charge in [-0.1, -0.05) is 36.4 Å². The Hall–Kier alpha value is -4.46. The van der Waals surface area contributed by atoms with Crippen LogP contribution >= 0.6 is 0 Å². The van der Waals surface area contributed by atoms with Gasteiger partial charge < -0.3 is 14.2 Å². The van der Waals surface area contributed by atoms with Gasteiger partial charge in [0.1, 0.15) is 29.4 Å². The lowest BCUT2D eigenvalue weighted by Crippen LogP contribution is -2.15. The minimum atomic E-state index is -0.729. The number of halogens is 1. The summed E-state index contributed by atoms with van der Waals surface area (Å²) in [6, 6.07) is 22.0. The summed E-state index contributed by atoms with van der Waals surface area (Å²) in [5.41, 5.74) is 1.75. The number of nitrogens with zero attached hydrogens (tertiary/aromatic N) is 2. The van der Waals surface area contributed by atoms with Crippen molar-refractivity contribution in [3.8, 4) is 22.7 Å². The number of esters is 2.